The lowest BCUT2D eigenvalue weighted by atomic mass is 10.2. The normalized spacial score (nSPS) is 18.5. The molecule has 2 fully saturated rings. The lowest BCUT2D eigenvalue weighted by Crippen LogP contribution is -2.54. The number of rotatable bonds is 5. The zero-order valence-electron chi connectivity index (χ0n) is 16.7. The number of aromatic nitrogens is 2. The third kappa shape index (κ3) is 4.14. The summed E-state index contributed by atoms with van der Waals surface area (Å²) in [5.41, 5.74) is 1.25. The van der Waals surface area contributed by atoms with Crippen LogP contribution in [0, 0.1) is 0 Å². The molecular weight excluding hydrogens is 352 g/mol. The molecule has 2 saturated heterocycles. The van der Waals surface area contributed by atoms with E-state index >= 15 is 0 Å². The Bertz CT molecular complexity index is 760. The number of imidazole rings is 1. The largest absolute Gasteiger partial charge is 0.368 e. The van der Waals surface area contributed by atoms with Crippen LogP contribution in [-0.2, 0) is 11.3 Å². The molecule has 4 rings (SSSR count). The van der Waals surface area contributed by atoms with E-state index < -0.39 is 0 Å². The summed E-state index contributed by atoms with van der Waals surface area (Å²) in [4.78, 5) is 26.2. The van der Waals surface area contributed by atoms with Crippen LogP contribution in [0.25, 0.3) is 0 Å². The summed E-state index contributed by atoms with van der Waals surface area (Å²) in [5.74, 6) is 1.31. The summed E-state index contributed by atoms with van der Waals surface area (Å²) in [6, 6.07) is 10.5. The zero-order valence-corrected chi connectivity index (χ0v) is 16.7. The Morgan fingerprint density at radius 1 is 0.929 bits per heavy atom. The van der Waals surface area contributed by atoms with Gasteiger partial charge in [0.1, 0.15) is 0 Å². The van der Waals surface area contributed by atoms with Crippen molar-refractivity contribution in [1.29, 1.82) is 0 Å². The molecule has 0 radical (unpaired) electrons. The fourth-order valence-electron chi connectivity index (χ4n) is 4.08. The van der Waals surface area contributed by atoms with Crippen LogP contribution in [0.4, 0.5) is 11.6 Å². The Morgan fingerprint density at radius 3 is 2.29 bits per heavy atom. The standard InChI is InChI=1S/C21H30N6O/c1-2-24-9-8-22-21(24)27-12-10-23(11-13-27)18-20(28)26-16-14-25(15-17-26)19-6-4-3-5-7-19/h3-9H,2,10-18H2,1H3. The average Bonchev–Trinajstić information content (AvgIpc) is 3.24. The smallest absolute Gasteiger partial charge is 0.236 e. The summed E-state index contributed by atoms with van der Waals surface area (Å²) in [5, 5.41) is 0. The molecule has 0 aliphatic carbocycles. The van der Waals surface area contributed by atoms with E-state index in [1.807, 2.05) is 23.4 Å². The third-order valence-electron chi connectivity index (χ3n) is 5.80. The fourth-order valence-corrected chi connectivity index (χ4v) is 4.08. The molecule has 0 N–H and O–H groups in total. The van der Waals surface area contributed by atoms with Gasteiger partial charge in [-0.25, -0.2) is 4.98 Å². The lowest BCUT2D eigenvalue weighted by Gasteiger charge is -2.38. The van der Waals surface area contributed by atoms with Gasteiger partial charge in [-0.05, 0) is 19.1 Å². The summed E-state index contributed by atoms with van der Waals surface area (Å²) < 4.78 is 2.17. The van der Waals surface area contributed by atoms with Gasteiger partial charge in [0, 0.05) is 77.0 Å². The second-order valence-corrected chi connectivity index (χ2v) is 7.48. The first kappa shape index (κ1) is 18.8. The van der Waals surface area contributed by atoms with Crippen molar-refractivity contribution < 1.29 is 4.79 Å². The number of carbonyl (C=O) groups is 1. The average molecular weight is 383 g/mol. The molecule has 1 aromatic heterocycles. The maximum absolute atomic E-state index is 12.8. The summed E-state index contributed by atoms with van der Waals surface area (Å²) >= 11 is 0. The van der Waals surface area contributed by atoms with E-state index in [2.05, 4.69) is 55.4 Å². The van der Waals surface area contributed by atoms with Crippen LogP contribution in [0.2, 0.25) is 0 Å². The van der Waals surface area contributed by atoms with Gasteiger partial charge in [0.05, 0.1) is 6.54 Å². The maximum Gasteiger partial charge on any atom is 0.236 e. The summed E-state index contributed by atoms with van der Waals surface area (Å²) in [6.07, 6.45) is 3.89. The molecule has 28 heavy (non-hydrogen) atoms. The van der Waals surface area contributed by atoms with E-state index in [4.69, 9.17) is 0 Å². The van der Waals surface area contributed by atoms with Crippen molar-refractivity contribution in [3.05, 3.63) is 42.7 Å². The Labute approximate surface area is 167 Å². The number of amides is 1. The number of carbonyl (C=O) groups excluding carboxylic acids is 1. The van der Waals surface area contributed by atoms with Crippen LogP contribution in [0.15, 0.2) is 42.7 Å². The number of aryl methyl sites for hydroxylation is 1. The molecule has 1 amide bonds. The molecule has 7 nitrogen and oxygen atoms in total. The number of anilines is 2. The van der Waals surface area contributed by atoms with Gasteiger partial charge < -0.3 is 19.3 Å². The van der Waals surface area contributed by atoms with Gasteiger partial charge in [0.25, 0.3) is 0 Å². The Morgan fingerprint density at radius 2 is 1.61 bits per heavy atom. The van der Waals surface area contributed by atoms with E-state index in [0.29, 0.717) is 6.54 Å². The lowest BCUT2D eigenvalue weighted by molar-refractivity contribution is -0.132. The fraction of sp³-hybridized carbons (Fsp3) is 0.524. The van der Waals surface area contributed by atoms with Crippen molar-refractivity contribution in [2.24, 2.45) is 0 Å². The molecular formula is C21H30N6O. The minimum atomic E-state index is 0.260. The molecule has 0 saturated carbocycles. The number of para-hydroxylation sites is 1. The third-order valence-corrected chi connectivity index (χ3v) is 5.80. The Kier molecular flexibility index (Phi) is 5.81. The van der Waals surface area contributed by atoms with E-state index in [-0.39, 0.29) is 5.91 Å². The van der Waals surface area contributed by atoms with Crippen LogP contribution in [-0.4, -0.2) is 84.2 Å². The molecule has 7 heteroatoms. The second kappa shape index (κ2) is 8.65. The van der Waals surface area contributed by atoms with Crippen molar-refractivity contribution >= 4 is 17.5 Å². The minimum Gasteiger partial charge on any atom is -0.368 e. The Balaban J connectivity index is 1.23. The SMILES string of the molecule is CCn1ccnc1N1CCN(CC(=O)N2CCN(c3ccccc3)CC2)CC1. The second-order valence-electron chi connectivity index (χ2n) is 7.48. The molecule has 2 aromatic rings. The molecule has 3 heterocycles. The number of benzene rings is 1. The van der Waals surface area contributed by atoms with Crippen LogP contribution in [0.3, 0.4) is 0 Å². The predicted molar refractivity (Wildman–Crippen MR) is 112 cm³/mol. The van der Waals surface area contributed by atoms with Crippen molar-refractivity contribution in [2.45, 2.75) is 13.5 Å². The number of hydrogen-bond acceptors (Lipinski definition) is 5. The zero-order chi connectivity index (χ0) is 19.3. The molecule has 1 aromatic carbocycles. The van der Waals surface area contributed by atoms with Gasteiger partial charge in [-0.1, -0.05) is 18.2 Å². The topological polar surface area (TPSA) is 47.9 Å². The van der Waals surface area contributed by atoms with Crippen molar-refractivity contribution in [3.63, 3.8) is 0 Å². The first-order valence-electron chi connectivity index (χ1n) is 10.3. The molecule has 150 valence electrons. The molecule has 2 aliphatic heterocycles. The highest BCUT2D eigenvalue weighted by Crippen LogP contribution is 2.17. The molecule has 2 aliphatic rings. The molecule has 0 bridgehead atoms. The first-order chi connectivity index (χ1) is 13.7. The monoisotopic (exact) mass is 382 g/mol. The van der Waals surface area contributed by atoms with Crippen molar-refractivity contribution in [3.8, 4) is 0 Å². The van der Waals surface area contributed by atoms with E-state index in [1.165, 1.54) is 5.69 Å². The predicted octanol–water partition coefficient (Wildman–Crippen LogP) is 1.37. The highest BCUT2D eigenvalue weighted by molar-refractivity contribution is 5.78. The van der Waals surface area contributed by atoms with Crippen molar-refractivity contribution in [2.75, 3.05) is 68.7 Å². The van der Waals surface area contributed by atoms with Gasteiger partial charge in [-0.2, -0.15) is 0 Å². The quantitative estimate of drug-likeness (QED) is 0.782. The highest BCUT2D eigenvalue weighted by atomic mass is 16.2. The number of nitrogens with zero attached hydrogens (tertiary/aromatic N) is 6. The van der Waals surface area contributed by atoms with Crippen LogP contribution in [0.1, 0.15) is 6.92 Å². The summed E-state index contributed by atoms with van der Waals surface area (Å²) in [7, 11) is 0. The van der Waals surface area contributed by atoms with Gasteiger partial charge in [0.2, 0.25) is 11.9 Å². The van der Waals surface area contributed by atoms with Crippen LogP contribution >= 0.6 is 0 Å². The summed E-state index contributed by atoms with van der Waals surface area (Å²) in [6.45, 7) is 10.7. The van der Waals surface area contributed by atoms with Gasteiger partial charge in [-0.15, -0.1) is 0 Å². The van der Waals surface area contributed by atoms with Gasteiger partial charge >= 0.3 is 0 Å². The maximum atomic E-state index is 12.8. The van der Waals surface area contributed by atoms with Crippen LogP contribution in [0.5, 0.6) is 0 Å². The van der Waals surface area contributed by atoms with Crippen LogP contribution < -0.4 is 9.80 Å². The molecule has 0 atom stereocenters. The van der Waals surface area contributed by atoms with E-state index in [0.717, 1.165) is 64.9 Å². The number of piperazine rings is 2. The molecule has 0 unspecified atom stereocenters. The minimum absolute atomic E-state index is 0.260. The first-order valence-corrected chi connectivity index (χ1v) is 10.3. The van der Waals surface area contributed by atoms with Crippen molar-refractivity contribution in [1.82, 2.24) is 19.4 Å². The highest BCUT2D eigenvalue weighted by Gasteiger charge is 2.25. The van der Waals surface area contributed by atoms with E-state index in [9.17, 15) is 4.79 Å². The number of hydrogen-bond donors (Lipinski definition) is 0. The van der Waals surface area contributed by atoms with Gasteiger partial charge in [0.15, 0.2) is 0 Å². The van der Waals surface area contributed by atoms with E-state index in [1.54, 1.807) is 0 Å². The Hall–Kier alpha value is -2.54. The van der Waals surface area contributed by atoms with Gasteiger partial charge in [-0.3, -0.25) is 9.69 Å². The molecule has 0 spiro atoms.